The van der Waals surface area contributed by atoms with Crippen molar-refractivity contribution in [1.29, 1.82) is 0 Å². The number of carbonyl (C=O) groups excluding carboxylic acids is 1. The molecule has 0 bridgehead atoms. The van der Waals surface area contributed by atoms with Gasteiger partial charge in [0.25, 0.3) is 5.91 Å². The molecule has 9 heteroatoms. The van der Waals surface area contributed by atoms with Crippen molar-refractivity contribution in [2.75, 3.05) is 29.5 Å². The summed E-state index contributed by atoms with van der Waals surface area (Å²) in [5, 5.41) is 2.68. The Hall–Kier alpha value is -2.01. The number of hydrogen-bond donors (Lipinski definition) is 2. The Morgan fingerprint density at radius 2 is 1.85 bits per heavy atom. The Morgan fingerprint density at radius 3 is 2.46 bits per heavy atom. The number of methoxy groups -OCH3 is 1. The highest BCUT2D eigenvalue weighted by Crippen LogP contribution is 2.28. The zero-order valence-electron chi connectivity index (χ0n) is 14.3. The summed E-state index contributed by atoms with van der Waals surface area (Å²) in [6.07, 6.45) is 0. The molecule has 26 heavy (non-hydrogen) atoms. The number of ether oxygens (including phenoxy) is 2. The summed E-state index contributed by atoms with van der Waals surface area (Å²) in [6, 6.07) is 12.0. The van der Waals surface area contributed by atoms with E-state index in [0.717, 1.165) is 3.57 Å². The molecule has 2 N–H and O–H groups in total. The number of benzene rings is 2. The van der Waals surface area contributed by atoms with E-state index in [4.69, 9.17) is 9.47 Å². The van der Waals surface area contributed by atoms with Gasteiger partial charge < -0.3 is 14.8 Å². The van der Waals surface area contributed by atoms with Crippen LogP contribution in [0.4, 0.5) is 11.4 Å². The Morgan fingerprint density at radius 1 is 1.15 bits per heavy atom. The van der Waals surface area contributed by atoms with Gasteiger partial charge in [-0.05, 0) is 65.9 Å². The minimum absolute atomic E-state index is 0.0511. The van der Waals surface area contributed by atoms with Gasteiger partial charge in [0, 0.05) is 15.3 Å². The van der Waals surface area contributed by atoms with Crippen LogP contribution in [0.25, 0.3) is 0 Å². The average molecular weight is 490 g/mol. The number of halogens is 1. The third-order valence-corrected chi connectivity index (χ3v) is 5.32. The molecule has 0 aliphatic rings. The Balaban J connectivity index is 2.00. The van der Waals surface area contributed by atoms with Gasteiger partial charge in [0.2, 0.25) is 10.0 Å². The van der Waals surface area contributed by atoms with Gasteiger partial charge >= 0.3 is 0 Å². The van der Waals surface area contributed by atoms with E-state index in [0.29, 0.717) is 22.9 Å². The molecule has 140 valence electrons. The number of hydrogen-bond acceptors (Lipinski definition) is 5. The lowest BCUT2D eigenvalue weighted by Gasteiger charge is -2.13. The highest BCUT2D eigenvalue weighted by atomic mass is 127. The molecule has 0 aliphatic carbocycles. The van der Waals surface area contributed by atoms with E-state index >= 15 is 0 Å². The highest BCUT2D eigenvalue weighted by Gasteiger charge is 2.13. The molecule has 7 nitrogen and oxygen atoms in total. The predicted molar refractivity (Wildman–Crippen MR) is 109 cm³/mol. The monoisotopic (exact) mass is 490 g/mol. The summed E-state index contributed by atoms with van der Waals surface area (Å²) >= 11 is 2.18. The minimum atomic E-state index is -3.42. The van der Waals surface area contributed by atoms with Crippen LogP contribution < -0.4 is 19.5 Å². The molecule has 0 unspecified atom stereocenters. The van der Waals surface area contributed by atoms with E-state index in [-0.39, 0.29) is 18.3 Å². The Kier molecular flexibility index (Phi) is 7.09. The van der Waals surface area contributed by atoms with Crippen molar-refractivity contribution in [2.45, 2.75) is 6.92 Å². The lowest BCUT2D eigenvalue weighted by atomic mass is 10.2. The van der Waals surface area contributed by atoms with Crippen molar-refractivity contribution in [2.24, 2.45) is 0 Å². The molecule has 0 saturated heterocycles. The fourth-order valence-electron chi connectivity index (χ4n) is 1.97. The van der Waals surface area contributed by atoms with Crippen LogP contribution in [0.15, 0.2) is 42.5 Å². The summed E-state index contributed by atoms with van der Waals surface area (Å²) in [5.74, 6) is 0.512. The summed E-state index contributed by atoms with van der Waals surface area (Å²) in [6.45, 7) is 1.39. The maximum Gasteiger partial charge on any atom is 0.262 e. The van der Waals surface area contributed by atoms with E-state index in [1.807, 2.05) is 12.1 Å². The fourth-order valence-corrected chi connectivity index (χ4v) is 2.98. The van der Waals surface area contributed by atoms with Gasteiger partial charge in [0.05, 0.1) is 18.6 Å². The van der Waals surface area contributed by atoms with E-state index < -0.39 is 10.0 Å². The molecule has 2 aromatic rings. The van der Waals surface area contributed by atoms with Crippen molar-refractivity contribution in [3.05, 3.63) is 46.0 Å². The molecule has 2 aromatic carbocycles. The minimum Gasteiger partial charge on any atom is -0.494 e. The Bertz CT molecular complexity index is 869. The van der Waals surface area contributed by atoms with Crippen LogP contribution in [0.3, 0.4) is 0 Å². The first-order chi connectivity index (χ1) is 12.3. The van der Waals surface area contributed by atoms with Crippen LogP contribution in [0.5, 0.6) is 11.5 Å². The zero-order valence-corrected chi connectivity index (χ0v) is 17.3. The zero-order chi connectivity index (χ0) is 19.2. The number of anilines is 2. The number of sulfonamides is 1. The molecule has 0 atom stereocenters. The van der Waals surface area contributed by atoms with Crippen LogP contribution in [0.1, 0.15) is 6.92 Å². The summed E-state index contributed by atoms with van der Waals surface area (Å²) in [5.41, 5.74) is 0.778. The molecule has 0 aromatic heterocycles. The van der Waals surface area contributed by atoms with Crippen LogP contribution in [0, 0.1) is 3.57 Å². The summed E-state index contributed by atoms with van der Waals surface area (Å²) in [4.78, 5) is 12.0. The predicted octanol–water partition coefficient (Wildman–Crippen LogP) is 3.08. The van der Waals surface area contributed by atoms with Gasteiger partial charge in [-0.15, -0.1) is 0 Å². The standard InChI is InChI=1S/C17H19IN2O5S/c1-3-26(22,23)20-15-9-6-13(10-16(15)24-2)19-17(21)11-25-14-7-4-12(18)5-8-14/h4-10,20H,3,11H2,1-2H3,(H,19,21). The van der Waals surface area contributed by atoms with Crippen molar-refractivity contribution >= 4 is 49.9 Å². The molecule has 0 radical (unpaired) electrons. The lowest BCUT2D eigenvalue weighted by molar-refractivity contribution is -0.118. The molecule has 0 heterocycles. The van der Waals surface area contributed by atoms with Crippen LogP contribution in [-0.2, 0) is 14.8 Å². The molecule has 0 saturated carbocycles. The first-order valence-electron chi connectivity index (χ1n) is 7.69. The van der Waals surface area contributed by atoms with Gasteiger partial charge in [0.15, 0.2) is 6.61 Å². The molecular formula is C17H19IN2O5S. The Labute approximate surface area is 166 Å². The second-order valence-corrected chi connectivity index (χ2v) is 8.47. The SMILES string of the molecule is CCS(=O)(=O)Nc1ccc(NC(=O)COc2ccc(I)cc2)cc1OC. The van der Waals surface area contributed by atoms with E-state index in [1.54, 1.807) is 18.2 Å². The number of carbonyl (C=O) groups is 1. The lowest BCUT2D eigenvalue weighted by Crippen LogP contribution is -2.20. The molecule has 0 aliphatic heterocycles. The van der Waals surface area contributed by atoms with Crippen LogP contribution in [-0.4, -0.2) is 33.8 Å². The smallest absolute Gasteiger partial charge is 0.262 e. The number of amides is 1. The van der Waals surface area contributed by atoms with Crippen LogP contribution >= 0.6 is 22.6 Å². The first-order valence-corrected chi connectivity index (χ1v) is 10.4. The fraction of sp³-hybridized carbons (Fsp3) is 0.235. The average Bonchev–Trinajstić information content (AvgIpc) is 2.62. The molecule has 2 rings (SSSR count). The summed E-state index contributed by atoms with van der Waals surface area (Å²) < 4.78 is 37.5. The largest absolute Gasteiger partial charge is 0.494 e. The second-order valence-electron chi connectivity index (χ2n) is 5.21. The van der Waals surface area contributed by atoms with E-state index in [1.165, 1.54) is 26.2 Å². The van der Waals surface area contributed by atoms with E-state index in [9.17, 15) is 13.2 Å². The first kappa shape index (κ1) is 20.3. The van der Waals surface area contributed by atoms with Gasteiger partial charge in [0.1, 0.15) is 11.5 Å². The van der Waals surface area contributed by atoms with Gasteiger partial charge in [-0.25, -0.2) is 8.42 Å². The third-order valence-electron chi connectivity index (χ3n) is 3.31. The van der Waals surface area contributed by atoms with Crippen molar-refractivity contribution in [3.8, 4) is 11.5 Å². The maximum absolute atomic E-state index is 12.0. The second kappa shape index (κ2) is 9.08. The molecular weight excluding hydrogens is 471 g/mol. The van der Waals surface area contributed by atoms with E-state index in [2.05, 4.69) is 32.6 Å². The molecule has 0 spiro atoms. The highest BCUT2D eigenvalue weighted by molar-refractivity contribution is 14.1. The molecule has 0 fully saturated rings. The van der Waals surface area contributed by atoms with Crippen LogP contribution in [0.2, 0.25) is 0 Å². The van der Waals surface area contributed by atoms with Gasteiger partial charge in [-0.2, -0.15) is 0 Å². The maximum atomic E-state index is 12.0. The van der Waals surface area contributed by atoms with Crippen molar-refractivity contribution in [3.63, 3.8) is 0 Å². The van der Waals surface area contributed by atoms with Crippen molar-refractivity contribution < 1.29 is 22.7 Å². The van der Waals surface area contributed by atoms with Gasteiger partial charge in [-0.3, -0.25) is 9.52 Å². The third kappa shape index (κ3) is 6.06. The molecule has 1 amide bonds. The summed E-state index contributed by atoms with van der Waals surface area (Å²) in [7, 11) is -2.00. The number of rotatable bonds is 8. The number of nitrogens with one attached hydrogen (secondary N) is 2. The quantitative estimate of drug-likeness (QED) is 0.555. The van der Waals surface area contributed by atoms with Crippen molar-refractivity contribution in [1.82, 2.24) is 0 Å². The normalized spacial score (nSPS) is 10.9. The topological polar surface area (TPSA) is 93.7 Å². The van der Waals surface area contributed by atoms with Gasteiger partial charge in [-0.1, -0.05) is 0 Å².